The van der Waals surface area contributed by atoms with Crippen molar-refractivity contribution in [2.75, 3.05) is 19.3 Å². The molecule has 0 heterocycles. The molecule has 4 N–H and O–H groups in total. The van der Waals surface area contributed by atoms with Crippen molar-refractivity contribution in [2.24, 2.45) is 11.7 Å². The average molecular weight is 285 g/mol. The molecule has 0 aliphatic carbocycles. The summed E-state index contributed by atoms with van der Waals surface area (Å²) in [7, 11) is -2.15. The number of nitrogens with two attached hydrogens (primary N) is 2. The summed E-state index contributed by atoms with van der Waals surface area (Å²) in [5.74, 6) is -0.447. The molecule has 0 aliphatic heterocycles. The molecule has 6 nitrogen and oxygen atoms in total. The summed E-state index contributed by atoms with van der Waals surface area (Å²) in [4.78, 5) is 11.0. The van der Waals surface area contributed by atoms with Crippen molar-refractivity contribution >= 4 is 21.6 Å². The molecule has 0 saturated carbocycles. The van der Waals surface area contributed by atoms with Gasteiger partial charge in [-0.15, -0.1) is 0 Å². The molecule has 1 amide bonds. The van der Waals surface area contributed by atoms with E-state index in [1.807, 2.05) is 13.8 Å². The number of carbonyl (C=O) groups is 1. The number of benzene rings is 1. The van der Waals surface area contributed by atoms with Crippen molar-refractivity contribution in [3.05, 3.63) is 23.8 Å². The number of hydrogen-bond acceptors (Lipinski definition) is 4. The van der Waals surface area contributed by atoms with Crippen LogP contribution in [0.15, 0.2) is 23.1 Å². The Balaban J connectivity index is 3.19. The van der Waals surface area contributed by atoms with Gasteiger partial charge in [0, 0.05) is 19.2 Å². The summed E-state index contributed by atoms with van der Waals surface area (Å²) < 4.78 is 25.8. The number of amides is 1. The minimum atomic E-state index is -3.65. The standard InChI is InChI=1S/C12H19N3O3S/c1-8(2)7-15(3)19(17,18)11-5-4-9(12(14)16)6-10(11)13/h4-6,8H,7,13H2,1-3H3,(H2,14,16). The highest BCUT2D eigenvalue weighted by Crippen LogP contribution is 2.23. The molecule has 106 valence electrons. The molecular weight excluding hydrogens is 266 g/mol. The summed E-state index contributed by atoms with van der Waals surface area (Å²) in [6.07, 6.45) is 0. The molecule has 19 heavy (non-hydrogen) atoms. The Morgan fingerprint density at radius 1 is 1.37 bits per heavy atom. The van der Waals surface area contributed by atoms with Crippen molar-refractivity contribution in [3.8, 4) is 0 Å². The third kappa shape index (κ3) is 3.45. The Kier molecular flexibility index (Phi) is 4.54. The molecule has 0 radical (unpaired) electrons. The molecule has 1 aromatic carbocycles. The first-order valence-corrected chi connectivity index (χ1v) is 7.26. The smallest absolute Gasteiger partial charge is 0.248 e. The van der Waals surface area contributed by atoms with E-state index in [-0.39, 0.29) is 22.1 Å². The number of nitrogens with zero attached hydrogens (tertiary/aromatic N) is 1. The van der Waals surface area contributed by atoms with Crippen LogP contribution in [0.3, 0.4) is 0 Å². The molecule has 1 aromatic rings. The van der Waals surface area contributed by atoms with E-state index in [0.717, 1.165) is 0 Å². The number of sulfonamides is 1. The summed E-state index contributed by atoms with van der Waals surface area (Å²) in [5, 5.41) is 0. The number of hydrogen-bond donors (Lipinski definition) is 2. The van der Waals surface area contributed by atoms with Crippen molar-refractivity contribution < 1.29 is 13.2 Å². The molecule has 0 fully saturated rings. The minimum Gasteiger partial charge on any atom is -0.398 e. The Morgan fingerprint density at radius 3 is 2.37 bits per heavy atom. The maximum absolute atomic E-state index is 12.3. The molecule has 0 aromatic heterocycles. The summed E-state index contributed by atoms with van der Waals surface area (Å²) in [5.41, 5.74) is 11.0. The zero-order valence-corrected chi connectivity index (χ0v) is 12.1. The van der Waals surface area contributed by atoms with Gasteiger partial charge in [0.05, 0.1) is 5.69 Å². The Labute approximate surface area is 113 Å². The lowest BCUT2D eigenvalue weighted by Gasteiger charge is -2.20. The van der Waals surface area contributed by atoms with Gasteiger partial charge in [0.2, 0.25) is 15.9 Å². The van der Waals surface area contributed by atoms with Crippen LogP contribution in [0.1, 0.15) is 24.2 Å². The largest absolute Gasteiger partial charge is 0.398 e. The third-order valence-corrected chi connectivity index (χ3v) is 4.50. The highest BCUT2D eigenvalue weighted by Gasteiger charge is 2.24. The van der Waals surface area contributed by atoms with Crippen LogP contribution in [0.4, 0.5) is 5.69 Å². The minimum absolute atomic E-state index is 0.0133. The topological polar surface area (TPSA) is 106 Å². The van der Waals surface area contributed by atoms with Crippen molar-refractivity contribution in [2.45, 2.75) is 18.7 Å². The SMILES string of the molecule is CC(C)CN(C)S(=O)(=O)c1ccc(C(N)=O)cc1N. The maximum Gasteiger partial charge on any atom is 0.248 e. The van der Waals surface area contributed by atoms with Gasteiger partial charge in [0.1, 0.15) is 4.90 Å². The fraction of sp³-hybridized carbons (Fsp3) is 0.417. The Morgan fingerprint density at radius 2 is 1.95 bits per heavy atom. The number of anilines is 1. The molecule has 7 heteroatoms. The number of rotatable bonds is 5. The van der Waals surface area contributed by atoms with E-state index in [1.54, 1.807) is 0 Å². The maximum atomic E-state index is 12.3. The summed E-state index contributed by atoms with van der Waals surface area (Å²) >= 11 is 0. The fourth-order valence-corrected chi connectivity index (χ4v) is 3.14. The first-order valence-electron chi connectivity index (χ1n) is 5.82. The van der Waals surface area contributed by atoms with Crippen LogP contribution in [0.25, 0.3) is 0 Å². The Hall–Kier alpha value is -1.60. The van der Waals surface area contributed by atoms with Gasteiger partial charge in [-0.1, -0.05) is 13.8 Å². The molecular formula is C12H19N3O3S. The van der Waals surface area contributed by atoms with E-state index >= 15 is 0 Å². The van der Waals surface area contributed by atoms with Crippen LogP contribution in [0.2, 0.25) is 0 Å². The predicted octanol–water partition coefficient (Wildman–Crippen LogP) is 0.644. The van der Waals surface area contributed by atoms with Crippen molar-refractivity contribution in [3.63, 3.8) is 0 Å². The van der Waals surface area contributed by atoms with Gasteiger partial charge in [0.15, 0.2) is 0 Å². The first-order chi connectivity index (χ1) is 8.66. The third-order valence-electron chi connectivity index (χ3n) is 2.60. The molecule has 0 aliphatic rings. The van der Waals surface area contributed by atoms with Gasteiger partial charge in [0.25, 0.3) is 0 Å². The van der Waals surface area contributed by atoms with Gasteiger partial charge in [-0.3, -0.25) is 4.79 Å². The fourth-order valence-electron chi connectivity index (χ4n) is 1.72. The normalized spacial score (nSPS) is 12.1. The van der Waals surface area contributed by atoms with Crippen LogP contribution in [0.5, 0.6) is 0 Å². The van der Waals surface area contributed by atoms with E-state index in [1.165, 1.54) is 29.6 Å². The van der Waals surface area contributed by atoms with Crippen LogP contribution < -0.4 is 11.5 Å². The number of nitrogen functional groups attached to an aromatic ring is 1. The first kappa shape index (κ1) is 15.5. The molecule has 0 saturated heterocycles. The van der Waals surface area contributed by atoms with Crippen LogP contribution in [-0.2, 0) is 10.0 Å². The van der Waals surface area contributed by atoms with E-state index in [4.69, 9.17) is 11.5 Å². The van der Waals surface area contributed by atoms with Crippen LogP contribution in [-0.4, -0.2) is 32.2 Å². The molecule has 0 unspecified atom stereocenters. The van der Waals surface area contributed by atoms with Gasteiger partial charge < -0.3 is 11.5 Å². The van der Waals surface area contributed by atoms with E-state index in [9.17, 15) is 13.2 Å². The summed E-state index contributed by atoms with van der Waals surface area (Å²) in [6.45, 7) is 4.23. The van der Waals surface area contributed by atoms with Gasteiger partial charge in [-0.05, 0) is 24.1 Å². The highest BCUT2D eigenvalue weighted by atomic mass is 32.2. The Bertz CT molecular complexity index is 582. The molecule has 0 spiro atoms. The van der Waals surface area contributed by atoms with Crippen molar-refractivity contribution in [1.29, 1.82) is 0 Å². The zero-order valence-electron chi connectivity index (χ0n) is 11.3. The van der Waals surface area contributed by atoms with E-state index < -0.39 is 15.9 Å². The zero-order chi connectivity index (χ0) is 14.8. The van der Waals surface area contributed by atoms with Crippen molar-refractivity contribution in [1.82, 2.24) is 4.31 Å². The lowest BCUT2D eigenvalue weighted by Crippen LogP contribution is -2.31. The lowest BCUT2D eigenvalue weighted by molar-refractivity contribution is 0.1000. The number of primary amides is 1. The average Bonchev–Trinajstić information content (AvgIpc) is 2.27. The van der Waals surface area contributed by atoms with Crippen LogP contribution in [0, 0.1) is 5.92 Å². The number of carbonyl (C=O) groups excluding carboxylic acids is 1. The second-order valence-corrected chi connectivity index (χ2v) is 6.81. The monoisotopic (exact) mass is 285 g/mol. The van der Waals surface area contributed by atoms with Gasteiger partial charge in [-0.25, -0.2) is 12.7 Å². The lowest BCUT2D eigenvalue weighted by atomic mass is 10.2. The molecule has 1 rings (SSSR count). The summed E-state index contributed by atoms with van der Waals surface area (Å²) in [6, 6.07) is 3.94. The quantitative estimate of drug-likeness (QED) is 0.774. The van der Waals surface area contributed by atoms with Crippen LogP contribution >= 0.6 is 0 Å². The van der Waals surface area contributed by atoms with E-state index in [0.29, 0.717) is 6.54 Å². The second kappa shape index (κ2) is 5.58. The predicted molar refractivity (Wildman–Crippen MR) is 74.0 cm³/mol. The van der Waals surface area contributed by atoms with Gasteiger partial charge >= 0.3 is 0 Å². The molecule has 0 atom stereocenters. The van der Waals surface area contributed by atoms with Gasteiger partial charge in [-0.2, -0.15) is 0 Å². The van der Waals surface area contributed by atoms with E-state index in [2.05, 4.69) is 0 Å². The molecule has 0 bridgehead atoms. The second-order valence-electron chi connectivity index (χ2n) is 4.80. The highest BCUT2D eigenvalue weighted by molar-refractivity contribution is 7.89.